The Hall–Kier alpha value is -4.94. The van der Waals surface area contributed by atoms with Gasteiger partial charge in [0.2, 0.25) is 0 Å². The molecule has 0 fully saturated rings. The quantitative estimate of drug-likeness (QED) is 0.124. The maximum atomic E-state index is 4.89. The van der Waals surface area contributed by atoms with Crippen LogP contribution in [-0.4, -0.2) is 0 Å². The Labute approximate surface area is 266 Å². The first-order valence-corrected chi connectivity index (χ1v) is 16.4. The molecule has 220 valence electrons. The van der Waals surface area contributed by atoms with Crippen molar-refractivity contribution in [2.75, 3.05) is 0 Å². The molecule has 0 heteroatoms. The lowest BCUT2D eigenvalue weighted by Crippen LogP contribution is -2.26. The lowest BCUT2D eigenvalue weighted by Gasteiger charge is -2.30. The maximum absolute atomic E-state index is 4.89. The summed E-state index contributed by atoms with van der Waals surface area (Å²) in [5.74, 6) is 0. The highest BCUT2D eigenvalue weighted by Crippen LogP contribution is 2.54. The van der Waals surface area contributed by atoms with E-state index < -0.39 is 0 Å². The normalized spacial score (nSPS) is 13.3. The van der Waals surface area contributed by atoms with Crippen LogP contribution in [0.25, 0.3) is 136 Å². The molecule has 0 aliphatic rings. The van der Waals surface area contributed by atoms with E-state index in [4.69, 9.17) is 39.5 Å². The first kappa shape index (κ1) is 26.3. The zero-order valence-electron chi connectivity index (χ0n) is 28.2. The lowest BCUT2D eigenvalue weighted by molar-refractivity contribution is 1.36. The Kier molecular flexibility index (Phi) is 4.21. The van der Waals surface area contributed by atoms with Crippen molar-refractivity contribution in [1.29, 1.82) is 0 Å². The van der Waals surface area contributed by atoms with Gasteiger partial charge in [-0.2, -0.15) is 0 Å². The summed E-state index contributed by atoms with van der Waals surface area (Å²) in [5.41, 5.74) is 10.3. The van der Waals surface area contributed by atoms with Crippen LogP contribution in [0.5, 0.6) is 0 Å². The van der Waals surface area contributed by atoms with E-state index in [0.29, 0.717) is 0 Å². The van der Waals surface area contributed by atoms with Crippen LogP contribution < -0.4 is 31.3 Å². The molecule has 0 nitrogen and oxygen atoms in total. The topological polar surface area (TPSA) is 0 Å². The molecule has 10 rings (SSSR count). The van der Waals surface area contributed by atoms with Gasteiger partial charge in [0.05, 0.1) is 0 Å². The molecule has 0 radical (unpaired) electrons. The van der Waals surface area contributed by atoms with Crippen LogP contribution in [0.15, 0.2) is 0 Å². The summed E-state index contributed by atoms with van der Waals surface area (Å²) in [6, 6.07) is 0. The Bertz CT molecular complexity index is 3010. The molecule has 0 bridgehead atoms. The highest BCUT2D eigenvalue weighted by atomic mass is 14.3. The van der Waals surface area contributed by atoms with Gasteiger partial charge >= 0.3 is 0 Å². The van der Waals surface area contributed by atoms with Crippen molar-refractivity contribution < 1.29 is 0 Å². The molecule has 0 saturated carbocycles. The van der Waals surface area contributed by atoms with E-state index >= 15 is 0 Å². The minimum absolute atomic E-state index is 1.06. The first-order valence-electron chi connectivity index (χ1n) is 16.4. The lowest BCUT2D eigenvalue weighted by atomic mass is 9.72. The van der Waals surface area contributed by atoms with E-state index in [0.717, 1.165) is 31.3 Å². The first-order chi connectivity index (χ1) is 21.7. The SMILES string of the molecule is C=c1c(C)c2c(C)c(C)c3c(C)c(=C)c4c(=C)c5c(=C)c(C)c6c(C)c(C)c7c(C)c(=C)c8c(=C)c1c1c2c3c4c2c5c6c7c8c12. The second-order valence-corrected chi connectivity index (χ2v) is 14.6. The maximum Gasteiger partial charge on any atom is -0.00000416 e. The van der Waals surface area contributed by atoms with Crippen LogP contribution in [0.1, 0.15) is 44.5 Å². The Morgan fingerprint density at radius 3 is 0.522 bits per heavy atom. The van der Waals surface area contributed by atoms with Gasteiger partial charge in [-0.05, 0) is 228 Å². The van der Waals surface area contributed by atoms with E-state index in [-0.39, 0.29) is 0 Å². The van der Waals surface area contributed by atoms with Crippen molar-refractivity contribution in [2.24, 2.45) is 0 Å². The monoisotopic (exact) mass is 588 g/mol. The van der Waals surface area contributed by atoms with Crippen molar-refractivity contribution in [1.82, 2.24) is 0 Å². The third-order valence-corrected chi connectivity index (χ3v) is 13.1. The van der Waals surface area contributed by atoms with Crippen LogP contribution in [0.3, 0.4) is 0 Å². The third kappa shape index (κ3) is 2.24. The molecule has 0 aromatic heterocycles. The van der Waals surface area contributed by atoms with E-state index in [1.807, 2.05) is 0 Å². The van der Waals surface area contributed by atoms with Crippen molar-refractivity contribution in [3.8, 4) is 0 Å². The van der Waals surface area contributed by atoms with Crippen molar-refractivity contribution in [3.05, 3.63) is 75.8 Å². The molecular weight excluding hydrogens is 553 g/mol. The zero-order valence-corrected chi connectivity index (χ0v) is 28.2. The summed E-state index contributed by atoms with van der Waals surface area (Å²) in [4.78, 5) is 0. The predicted octanol–water partition coefficient (Wildman–Crippen LogP) is 8.18. The summed E-state index contributed by atoms with van der Waals surface area (Å²) in [7, 11) is 0. The minimum Gasteiger partial charge on any atom is -0.0908 e. The van der Waals surface area contributed by atoms with E-state index in [2.05, 4.69) is 55.4 Å². The number of hydrogen-bond donors (Lipinski definition) is 0. The van der Waals surface area contributed by atoms with Crippen LogP contribution in [0.4, 0.5) is 0 Å². The van der Waals surface area contributed by atoms with Gasteiger partial charge in [-0.15, -0.1) is 0 Å². The number of hydrogen-bond acceptors (Lipinski definition) is 0. The van der Waals surface area contributed by atoms with E-state index in [1.165, 1.54) is 141 Å². The highest BCUT2D eigenvalue weighted by Gasteiger charge is 2.32. The molecule has 0 amide bonds. The van der Waals surface area contributed by atoms with Gasteiger partial charge in [-0.1, -0.05) is 39.5 Å². The van der Waals surface area contributed by atoms with Gasteiger partial charge in [-0.3, -0.25) is 0 Å². The summed E-state index contributed by atoms with van der Waals surface area (Å²) in [5, 5.41) is 29.8. The molecule has 0 spiro atoms. The third-order valence-electron chi connectivity index (χ3n) is 13.1. The minimum atomic E-state index is 1.06. The summed E-state index contributed by atoms with van der Waals surface area (Å²) >= 11 is 0. The fraction of sp³-hybridized carbons (Fsp3) is 0.174. The van der Waals surface area contributed by atoms with Crippen molar-refractivity contribution in [2.45, 2.75) is 55.4 Å². The molecule has 0 aliphatic carbocycles. The number of aryl methyl sites for hydroxylation is 8. The fourth-order valence-corrected chi connectivity index (χ4v) is 10.7. The van der Waals surface area contributed by atoms with Crippen molar-refractivity contribution in [3.63, 3.8) is 0 Å². The molecule has 0 aliphatic heterocycles. The second-order valence-electron chi connectivity index (χ2n) is 14.6. The summed E-state index contributed by atoms with van der Waals surface area (Å²) in [6.45, 7) is 47.2. The molecule has 10 aromatic carbocycles. The standard InChI is InChI=1S/C46H36/c1-15-16(2)30-20(6)24(10)34-28(14)36-26(12)22(8)32-18(4)17(3)31-21(7)25(11)35-27(13)33-23(9)19(5)29(15)37-38(30)42(34)46-44(36)40(32)39(31)43(35)45(46)41(33)37/h9-14H2,1-8H3. The van der Waals surface area contributed by atoms with Crippen LogP contribution in [0.2, 0.25) is 0 Å². The van der Waals surface area contributed by atoms with E-state index in [9.17, 15) is 0 Å². The van der Waals surface area contributed by atoms with Gasteiger partial charge in [-0.25, -0.2) is 0 Å². The Balaban J connectivity index is 1.89. The fourth-order valence-electron chi connectivity index (χ4n) is 10.7. The molecule has 0 unspecified atom stereocenters. The molecule has 0 N–H and O–H groups in total. The Morgan fingerprint density at radius 1 is 0.174 bits per heavy atom. The van der Waals surface area contributed by atoms with Crippen LogP contribution in [0, 0.1) is 55.4 Å². The molecule has 0 heterocycles. The highest BCUT2D eigenvalue weighted by molar-refractivity contribution is 6.54. The summed E-state index contributed by atoms with van der Waals surface area (Å²) < 4.78 is 0. The molecule has 0 atom stereocenters. The van der Waals surface area contributed by atoms with E-state index in [1.54, 1.807) is 0 Å². The predicted molar refractivity (Wildman–Crippen MR) is 209 cm³/mol. The van der Waals surface area contributed by atoms with Gasteiger partial charge in [0.25, 0.3) is 0 Å². The van der Waals surface area contributed by atoms with Gasteiger partial charge in [0.15, 0.2) is 0 Å². The molecule has 10 aromatic rings. The van der Waals surface area contributed by atoms with Gasteiger partial charge < -0.3 is 0 Å². The largest absolute Gasteiger partial charge is 0.0908 e. The number of rotatable bonds is 0. The molecular formula is C46H36. The average Bonchev–Trinajstić information content (AvgIpc) is 3.01. The van der Waals surface area contributed by atoms with Crippen LogP contribution >= 0.6 is 0 Å². The van der Waals surface area contributed by atoms with Crippen molar-refractivity contribution >= 4 is 136 Å². The summed E-state index contributed by atoms with van der Waals surface area (Å²) in [6.07, 6.45) is 0. The number of benzene rings is 10. The smallest absolute Gasteiger partial charge is 0.00000416 e. The van der Waals surface area contributed by atoms with Crippen LogP contribution in [-0.2, 0) is 0 Å². The molecule has 46 heavy (non-hydrogen) atoms. The van der Waals surface area contributed by atoms with Gasteiger partial charge in [0, 0.05) is 0 Å². The molecule has 0 saturated heterocycles. The second kappa shape index (κ2) is 7.37. The zero-order chi connectivity index (χ0) is 32.5. The average molecular weight is 589 g/mol. The Morgan fingerprint density at radius 2 is 0.326 bits per heavy atom. The van der Waals surface area contributed by atoms with Gasteiger partial charge in [0.1, 0.15) is 0 Å².